The standard InChI is InChI=1S/C16H32N2O4/c1-17(3-7-19-8-4-17)11-15-13-22-16(14-21-15)12-18(2)5-9-20-10-6-18/h15-16H,3-14H2,1-2H3/q+2. The highest BCUT2D eigenvalue weighted by atomic mass is 16.6. The fraction of sp³-hybridized carbons (Fsp3) is 1.00. The summed E-state index contributed by atoms with van der Waals surface area (Å²) >= 11 is 0. The van der Waals surface area contributed by atoms with Crippen LogP contribution in [0.1, 0.15) is 0 Å². The summed E-state index contributed by atoms with van der Waals surface area (Å²) in [4.78, 5) is 0. The van der Waals surface area contributed by atoms with Crippen LogP contribution >= 0.6 is 0 Å². The molecule has 0 aromatic carbocycles. The first kappa shape index (κ1) is 16.6. The van der Waals surface area contributed by atoms with E-state index in [-0.39, 0.29) is 12.2 Å². The fourth-order valence-electron chi connectivity index (χ4n) is 3.71. The Hall–Kier alpha value is -0.240. The molecule has 3 heterocycles. The second-order valence-electron chi connectivity index (χ2n) is 7.63. The van der Waals surface area contributed by atoms with Crippen LogP contribution < -0.4 is 0 Å². The minimum atomic E-state index is 0.231. The van der Waals surface area contributed by atoms with E-state index in [4.69, 9.17) is 18.9 Å². The second kappa shape index (κ2) is 7.11. The number of hydrogen-bond donors (Lipinski definition) is 0. The largest absolute Gasteiger partial charge is 0.370 e. The van der Waals surface area contributed by atoms with Crippen molar-refractivity contribution in [2.75, 3.05) is 93.0 Å². The van der Waals surface area contributed by atoms with Crippen LogP contribution in [-0.2, 0) is 18.9 Å². The summed E-state index contributed by atoms with van der Waals surface area (Å²) in [5.74, 6) is 0. The molecular weight excluding hydrogens is 284 g/mol. The van der Waals surface area contributed by atoms with Crippen molar-refractivity contribution in [3.8, 4) is 0 Å². The molecule has 3 saturated heterocycles. The van der Waals surface area contributed by atoms with Crippen LogP contribution in [0.4, 0.5) is 0 Å². The molecule has 3 aliphatic heterocycles. The Kier molecular flexibility index (Phi) is 5.37. The van der Waals surface area contributed by atoms with E-state index in [0.29, 0.717) is 0 Å². The third-order valence-electron chi connectivity index (χ3n) is 5.43. The van der Waals surface area contributed by atoms with Gasteiger partial charge in [0, 0.05) is 0 Å². The molecule has 0 radical (unpaired) electrons. The molecule has 0 spiro atoms. The lowest BCUT2D eigenvalue weighted by molar-refractivity contribution is -0.922. The quantitative estimate of drug-likeness (QED) is 0.669. The third-order valence-corrected chi connectivity index (χ3v) is 5.43. The van der Waals surface area contributed by atoms with E-state index < -0.39 is 0 Å². The summed E-state index contributed by atoms with van der Waals surface area (Å²) in [5, 5.41) is 0. The molecule has 0 aromatic heterocycles. The Labute approximate surface area is 134 Å². The molecule has 2 atom stereocenters. The molecule has 3 rings (SSSR count). The van der Waals surface area contributed by atoms with E-state index in [9.17, 15) is 0 Å². The zero-order valence-corrected chi connectivity index (χ0v) is 14.2. The van der Waals surface area contributed by atoms with Gasteiger partial charge < -0.3 is 27.9 Å². The number of likely N-dealkylation sites (N-methyl/N-ethyl adjacent to an activating group) is 2. The van der Waals surface area contributed by atoms with E-state index in [1.807, 2.05) is 0 Å². The van der Waals surface area contributed by atoms with Gasteiger partial charge in [0.25, 0.3) is 0 Å². The first-order valence-electron chi connectivity index (χ1n) is 8.63. The Balaban J connectivity index is 1.42. The zero-order valence-electron chi connectivity index (χ0n) is 14.2. The number of rotatable bonds is 4. The Morgan fingerprint density at radius 1 is 0.682 bits per heavy atom. The van der Waals surface area contributed by atoms with E-state index >= 15 is 0 Å². The van der Waals surface area contributed by atoms with Crippen LogP contribution in [0.5, 0.6) is 0 Å². The average molecular weight is 316 g/mol. The minimum Gasteiger partial charge on any atom is -0.370 e. The predicted molar refractivity (Wildman–Crippen MR) is 82.7 cm³/mol. The molecule has 22 heavy (non-hydrogen) atoms. The normalized spacial score (nSPS) is 35.2. The number of hydrogen-bond acceptors (Lipinski definition) is 4. The molecule has 0 bridgehead atoms. The molecule has 2 unspecified atom stereocenters. The van der Waals surface area contributed by atoms with Crippen LogP contribution in [-0.4, -0.2) is 114 Å². The van der Waals surface area contributed by atoms with Crippen molar-refractivity contribution in [1.82, 2.24) is 0 Å². The lowest BCUT2D eigenvalue weighted by Gasteiger charge is -2.43. The monoisotopic (exact) mass is 316 g/mol. The topological polar surface area (TPSA) is 36.9 Å². The summed E-state index contributed by atoms with van der Waals surface area (Å²) in [5.41, 5.74) is 0. The van der Waals surface area contributed by atoms with Gasteiger partial charge in [0.05, 0.1) is 53.7 Å². The molecule has 0 saturated carbocycles. The van der Waals surface area contributed by atoms with Gasteiger partial charge in [-0.05, 0) is 0 Å². The van der Waals surface area contributed by atoms with Crippen LogP contribution in [0, 0.1) is 0 Å². The maximum Gasteiger partial charge on any atom is 0.130 e. The summed E-state index contributed by atoms with van der Waals surface area (Å²) in [6, 6.07) is 0. The molecule has 0 aliphatic carbocycles. The Morgan fingerprint density at radius 3 is 1.36 bits per heavy atom. The van der Waals surface area contributed by atoms with Crippen LogP contribution in [0.25, 0.3) is 0 Å². The molecule has 0 aromatic rings. The zero-order chi connectivity index (χ0) is 15.5. The van der Waals surface area contributed by atoms with E-state index in [1.165, 1.54) is 0 Å². The van der Waals surface area contributed by atoms with Crippen molar-refractivity contribution in [2.45, 2.75) is 12.2 Å². The number of quaternary nitrogens is 2. The van der Waals surface area contributed by atoms with Gasteiger partial charge in [0.2, 0.25) is 0 Å². The highest BCUT2D eigenvalue weighted by Gasteiger charge is 2.36. The average Bonchev–Trinajstić information content (AvgIpc) is 2.50. The maximum atomic E-state index is 6.12. The van der Waals surface area contributed by atoms with Gasteiger partial charge in [-0.2, -0.15) is 0 Å². The minimum absolute atomic E-state index is 0.231. The van der Waals surface area contributed by atoms with E-state index in [0.717, 1.165) is 87.9 Å². The van der Waals surface area contributed by atoms with Crippen molar-refractivity contribution in [3.05, 3.63) is 0 Å². The maximum absolute atomic E-state index is 6.12. The van der Waals surface area contributed by atoms with Gasteiger partial charge in [0.1, 0.15) is 51.5 Å². The third kappa shape index (κ3) is 4.40. The van der Waals surface area contributed by atoms with E-state index in [1.54, 1.807) is 0 Å². The molecule has 3 fully saturated rings. The molecular formula is C16H32N2O4+2. The van der Waals surface area contributed by atoms with Gasteiger partial charge >= 0.3 is 0 Å². The molecule has 6 heteroatoms. The highest BCUT2D eigenvalue weighted by molar-refractivity contribution is 4.69. The van der Waals surface area contributed by atoms with Crippen molar-refractivity contribution >= 4 is 0 Å². The van der Waals surface area contributed by atoms with Gasteiger partial charge in [-0.1, -0.05) is 0 Å². The van der Waals surface area contributed by atoms with Crippen LogP contribution in [0.3, 0.4) is 0 Å². The van der Waals surface area contributed by atoms with E-state index in [2.05, 4.69) is 14.1 Å². The number of morpholine rings is 2. The van der Waals surface area contributed by atoms with Crippen molar-refractivity contribution in [3.63, 3.8) is 0 Å². The fourth-order valence-corrected chi connectivity index (χ4v) is 3.71. The lowest BCUT2D eigenvalue weighted by Crippen LogP contribution is -2.59. The van der Waals surface area contributed by atoms with Gasteiger partial charge in [-0.3, -0.25) is 0 Å². The van der Waals surface area contributed by atoms with Gasteiger partial charge in [0.15, 0.2) is 0 Å². The van der Waals surface area contributed by atoms with Crippen molar-refractivity contribution in [2.24, 2.45) is 0 Å². The first-order chi connectivity index (χ1) is 10.6. The Morgan fingerprint density at radius 2 is 1.05 bits per heavy atom. The molecule has 128 valence electrons. The molecule has 0 amide bonds. The molecule has 3 aliphatic rings. The molecule has 6 nitrogen and oxygen atoms in total. The summed E-state index contributed by atoms with van der Waals surface area (Å²) in [6.45, 7) is 11.3. The summed E-state index contributed by atoms with van der Waals surface area (Å²) < 4.78 is 25.3. The van der Waals surface area contributed by atoms with Crippen molar-refractivity contribution in [1.29, 1.82) is 0 Å². The summed E-state index contributed by atoms with van der Waals surface area (Å²) in [7, 11) is 4.61. The smallest absolute Gasteiger partial charge is 0.130 e. The van der Waals surface area contributed by atoms with Crippen molar-refractivity contribution < 1.29 is 27.9 Å². The lowest BCUT2D eigenvalue weighted by atomic mass is 10.2. The van der Waals surface area contributed by atoms with Gasteiger partial charge in [-0.15, -0.1) is 0 Å². The molecule has 0 N–H and O–H groups in total. The first-order valence-corrected chi connectivity index (χ1v) is 8.63. The predicted octanol–water partition coefficient (Wildman–Crippen LogP) is -0.276. The van der Waals surface area contributed by atoms with Crippen LogP contribution in [0.2, 0.25) is 0 Å². The number of nitrogens with zero attached hydrogens (tertiary/aromatic N) is 2. The second-order valence-corrected chi connectivity index (χ2v) is 7.63. The van der Waals surface area contributed by atoms with Crippen LogP contribution in [0.15, 0.2) is 0 Å². The Bertz CT molecular complexity index is 312. The van der Waals surface area contributed by atoms with Gasteiger partial charge in [-0.25, -0.2) is 0 Å². The number of ether oxygens (including phenoxy) is 4. The SMILES string of the molecule is C[N+]1(CC2COC(C[N+]3(C)CCOCC3)CO2)CCOCC1. The summed E-state index contributed by atoms with van der Waals surface area (Å²) in [6.07, 6.45) is 0.462. The highest BCUT2D eigenvalue weighted by Crippen LogP contribution is 2.17.